The van der Waals surface area contributed by atoms with Crippen molar-refractivity contribution in [2.45, 2.75) is 51.2 Å². The molecule has 0 radical (unpaired) electrons. The smallest absolute Gasteiger partial charge is 0.319 e. The first-order valence-corrected chi connectivity index (χ1v) is 12.7. The first kappa shape index (κ1) is 24.5. The fraction of sp³-hybridized carbons (Fsp3) is 0.333. The summed E-state index contributed by atoms with van der Waals surface area (Å²) in [6.07, 6.45) is 1.72. The Morgan fingerprint density at radius 3 is 2.68 bits per heavy atom. The maximum atomic E-state index is 13.0. The summed E-state index contributed by atoms with van der Waals surface area (Å²) in [5.41, 5.74) is 1.95. The molecule has 5 nitrogen and oxygen atoms in total. The molecule has 0 aliphatic rings. The number of methoxy groups -OCH3 is 1. The minimum atomic E-state index is -1.26. The van der Waals surface area contributed by atoms with Gasteiger partial charge in [-0.3, -0.25) is 4.79 Å². The Balaban J connectivity index is 1.92. The number of nitrogens with zero attached hydrogens (tertiary/aromatic N) is 2. The predicted octanol–water partition coefficient (Wildman–Crippen LogP) is 6.31. The monoisotopic (exact) mass is 496 g/mol. The van der Waals surface area contributed by atoms with E-state index in [0.717, 1.165) is 46.6 Å². The molecule has 2 unspecified atom stereocenters. The Morgan fingerprint density at radius 2 is 2.00 bits per heavy atom. The van der Waals surface area contributed by atoms with Crippen LogP contribution in [0.1, 0.15) is 54.6 Å². The SMILES string of the molecule is CCCCc1nc2cccc(C(O)C(C)(C(=O)OC)c3cccs3)c2n1Cc1ccccc1Cl. The molecule has 34 heavy (non-hydrogen) atoms. The molecule has 0 fully saturated rings. The average molecular weight is 497 g/mol. The van der Waals surface area contributed by atoms with Gasteiger partial charge < -0.3 is 14.4 Å². The van der Waals surface area contributed by atoms with E-state index in [4.69, 9.17) is 21.3 Å². The van der Waals surface area contributed by atoms with Gasteiger partial charge in [0, 0.05) is 21.9 Å². The number of aliphatic hydroxyl groups excluding tert-OH is 1. The van der Waals surface area contributed by atoms with Gasteiger partial charge in [-0.2, -0.15) is 0 Å². The van der Waals surface area contributed by atoms with Crippen molar-refractivity contribution in [2.24, 2.45) is 0 Å². The van der Waals surface area contributed by atoms with Crippen molar-refractivity contribution in [3.8, 4) is 0 Å². The molecule has 2 aromatic heterocycles. The van der Waals surface area contributed by atoms with E-state index in [9.17, 15) is 9.90 Å². The summed E-state index contributed by atoms with van der Waals surface area (Å²) in [4.78, 5) is 18.7. The van der Waals surface area contributed by atoms with Crippen LogP contribution in [0.2, 0.25) is 5.02 Å². The standard InChI is InChI=1S/C27H29ClN2O3S/c1-4-5-15-23-29-21-13-8-11-19(24(21)30(23)17-18-10-6-7-12-20(18)28)25(31)27(2,26(32)33-3)22-14-9-16-34-22/h6-14,16,25,31H,4-5,15,17H2,1-3H3. The lowest BCUT2D eigenvalue weighted by Crippen LogP contribution is -2.39. The summed E-state index contributed by atoms with van der Waals surface area (Å²) in [5, 5.41) is 14.4. The Hall–Kier alpha value is -2.67. The van der Waals surface area contributed by atoms with Crippen LogP contribution in [0.3, 0.4) is 0 Å². The van der Waals surface area contributed by atoms with E-state index < -0.39 is 17.5 Å². The third-order valence-electron chi connectivity index (χ3n) is 6.40. The van der Waals surface area contributed by atoms with E-state index in [2.05, 4.69) is 11.5 Å². The molecule has 0 amide bonds. The summed E-state index contributed by atoms with van der Waals surface area (Å²) in [7, 11) is 1.35. The van der Waals surface area contributed by atoms with Crippen molar-refractivity contribution >= 4 is 39.9 Å². The Kier molecular flexibility index (Phi) is 7.41. The second-order valence-corrected chi connectivity index (χ2v) is 9.95. The van der Waals surface area contributed by atoms with Gasteiger partial charge in [-0.1, -0.05) is 61.3 Å². The second kappa shape index (κ2) is 10.3. The van der Waals surface area contributed by atoms with Crippen LogP contribution < -0.4 is 0 Å². The van der Waals surface area contributed by atoms with Crippen molar-refractivity contribution in [1.29, 1.82) is 0 Å². The fourth-order valence-electron chi connectivity index (χ4n) is 4.42. The molecule has 0 aliphatic carbocycles. The van der Waals surface area contributed by atoms with Gasteiger partial charge >= 0.3 is 5.97 Å². The lowest BCUT2D eigenvalue weighted by molar-refractivity contribution is -0.151. The summed E-state index contributed by atoms with van der Waals surface area (Å²) in [5.74, 6) is 0.454. The lowest BCUT2D eigenvalue weighted by Gasteiger charge is -2.31. The maximum absolute atomic E-state index is 13.0. The minimum Gasteiger partial charge on any atom is -0.468 e. The number of hydrogen-bond acceptors (Lipinski definition) is 5. The van der Waals surface area contributed by atoms with Gasteiger partial charge in [0.1, 0.15) is 17.3 Å². The third kappa shape index (κ3) is 4.38. The van der Waals surface area contributed by atoms with Crippen molar-refractivity contribution in [2.75, 3.05) is 7.11 Å². The highest BCUT2D eigenvalue weighted by atomic mass is 35.5. The number of halogens is 1. The number of aliphatic hydroxyl groups is 1. The number of hydrogen-bond donors (Lipinski definition) is 1. The summed E-state index contributed by atoms with van der Waals surface area (Å²) >= 11 is 7.94. The van der Waals surface area contributed by atoms with E-state index in [1.807, 2.05) is 60.0 Å². The van der Waals surface area contributed by atoms with Crippen LogP contribution in [-0.4, -0.2) is 27.7 Å². The first-order valence-electron chi connectivity index (χ1n) is 11.4. The molecular formula is C27H29ClN2O3S. The van der Waals surface area contributed by atoms with Gasteiger partial charge in [0.15, 0.2) is 0 Å². The molecule has 7 heteroatoms. The number of carbonyl (C=O) groups excluding carboxylic acids is 1. The normalized spacial score (nSPS) is 14.1. The number of carbonyl (C=O) groups is 1. The highest BCUT2D eigenvalue weighted by Gasteiger charge is 2.46. The molecule has 0 saturated carbocycles. The number of para-hydroxylation sites is 1. The van der Waals surface area contributed by atoms with Crippen LogP contribution >= 0.6 is 22.9 Å². The fourth-order valence-corrected chi connectivity index (χ4v) is 5.52. The predicted molar refractivity (Wildman–Crippen MR) is 138 cm³/mol. The number of aryl methyl sites for hydroxylation is 1. The summed E-state index contributed by atoms with van der Waals surface area (Å²) in [6.45, 7) is 4.41. The van der Waals surface area contributed by atoms with Crippen molar-refractivity contribution in [1.82, 2.24) is 9.55 Å². The molecule has 4 aromatic rings. The van der Waals surface area contributed by atoms with E-state index in [-0.39, 0.29) is 0 Å². The third-order valence-corrected chi connectivity index (χ3v) is 7.88. The van der Waals surface area contributed by atoms with Gasteiger partial charge in [0.25, 0.3) is 0 Å². The minimum absolute atomic E-state index is 0.483. The van der Waals surface area contributed by atoms with Crippen molar-refractivity contribution in [3.63, 3.8) is 0 Å². The number of aromatic nitrogens is 2. The number of ether oxygens (including phenoxy) is 1. The quantitative estimate of drug-likeness (QED) is 0.276. The first-order chi connectivity index (χ1) is 16.4. The van der Waals surface area contributed by atoms with Crippen LogP contribution in [0.4, 0.5) is 0 Å². The number of rotatable bonds is 9. The average Bonchev–Trinajstić information content (AvgIpc) is 3.51. The van der Waals surface area contributed by atoms with Crippen molar-refractivity contribution < 1.29 is 14.6 Å². The molecule has 2 heterocycles. The molecule has 0 aliphatic heterocycles. The lowest BCUT2D eigenvalue weighted by atomic mass is 9.79. The van der Waals surface area contributed by atoms with Crippen molar-refractivity contribution in [3.05, 3.63) is 86.8 Å². The number of imidazole rings is 1. The van der Waals surface area contributed by atoms with E-state index in [0.29, 0.717) is 17.1 Å². The Labute approximate surface area is 209 Å². The number of benzene rings is 2. The van der Waals surface area contributed by atoms with Gasteiger partial charge in [-0.15, -0.1) is 11.3 Å². The van der Waals surface area contributed by atoms with Gasteiger partial charge in [-0.25, -0.2) is 4.98 Å². The number of thiophene rings is 1. The number of unbranched alkanes of at least 4 members (excludes halogenated alkanes) is 1. The molecule has 2 aromatic carbocycles. The Morgan fingerprint density at radius 1 is 1.21 bits per heavy atom. The second-order valence-electron chi connectivity index (χ2n) is 8.60. The number of esters is 1. The zero-order valence-electron chi connectivity index (χ0n) is 19.6. The maximum Gasteiger partial charge on any atom is 0.319 e. The summed E-state index contributed by atoms with van der Waals surface area (Å²) < 4.78 is 7.30. The van der Waals surface area contributed by atoms with Crippen LogP contribution in [0.15, 0.2) is 60.0 Å². The zero-order valence-corrected chi connectivity index (χ0v) is 21.2. The highest BCUT2D eigenvalue weighted by Crippen LogP contribution is 2.43. The molecule has 178 valence electrons. The van der Waals surface area contributed by atoms with Crippen LogP contribution in [0.5, 0.6) is 0 Å². The number of fused-ring (bicyclic) bond motifs is 1. The highest BCUT2D eigenvalue weighted by molar-refractivity contribution is 7.10. The van der Waals surface area contributed by atoms with Crippen LogP contribution in [0.25, 0.3) is 11.0 Å². The van der Waals surface area contributed by atoms with Crippen LogP contribution in [-0.2, 0) is 27.9 Å². The molecule has 1 N–H and O–H groups in total. The largest absolute Gasteiger partial charge is 0.468 e. The van der Waals surface area contributed by atoms with Gasteiger partial charge in [0.05, 0.1) is 24.7 Å². The van der Waals surface area contributed by atoms with Gasteiger partial charge in [-0.05, 0) is 42.5 Å². The Bertz CT molecular complexity index is 1280. The topological polar surface area (TPSA) is 64.3 Å². The summed E-state index contributed by atoms with van der Waals surface area (Å²) in [6, 6.07) is 17.2. The zero-order chi connectivity index (χ0) is 24.3. The van der Waals surface area contributed by atoms with Crippen LogP contribution in [0, 0.1) is 0 Å². The van der Waals surface area contributed by atoms with Gasteiger partial charge in [0.2, 0.25) is 0 Å². The molecule has 2 atom stereocenters. The van der Waals surface area contributed by atoms with E-state index in [1.54, 1.807) is 6.92 Å². The molecular weight excluding hydrogens is 468 g/mol. The molecule has 4 rings (SSSR count). The van der Waals surface area contributed by atoms with E-state index >= 15 is 0 Å². The molecule has 0 bridgehead atoms. The molecule has 0 spiro atoms. The van der Waals surface area contributed by atoms with E-state index in [1.165, 1.54) is 18.4 Å². The molecule has 0 saturated heterocycles.